The zero-order valence-electron chi connectivity index (χ0n) is 18.3. The number of benzene rings is 2. The molecule has 2 aromatic heterocycles. The van der Waals surface area contributed by atoms with E-state index in [4.69, 9.17) is 4.42 Å². The van der Waals surface area contributed by atoms with Crippen molar-refractivity contribution >= 4 is 34.6 Å². The van der Waals surface area contributed by atoms with Crippen LogP contribution in [0.2, 0.25) is 0 Å². The minimum atomic E-state index is -1.44. The molecule has 1 aliphatic rings. The molecular formula is C24H20FN5O4. The molecule has 0 bridgehead atoms. The predicted molar refractivity (Wildman–Crippen MR) is 121 cm³/mol. The second kappa shape index (κ2) is 7.84. The van der Waals surface area contributed by atoms with Gasteiger partial charge in [-0.1, -0.05) is 18.2 Å². The van der Waals surface area contributed by atoms with Gasteiger partial charge in [0.1, 0.15) is 29.5 Å². The number of imide groups is 1. The molecule has 5 rings (SSSR count). The number of hydrogen-bond donors (Lipinski definition) is 2. The van der Waals surface area contributed by atoms with E-state index in [0.29, 0.717) is 22.8 Å². The Bertz CT molecular complexity index is 1410. The first-order valence-electron chi connectivity index (χ1n) is 10.5. The van der Waals surface area contributed by atoms with E-state index in [9.17, 15) is 18.8 Å². The molecule has 1 unspecified atom stereocenters. The Morgan fingerprint density at radius 2 is 1.88 bits per heavy atom. The van der Waals surface area contributed by atoms with E-state index in [2.05, 4.69) is 15.7 Å². The van der Waals surface area contributed by atoms with Gasteiger partial charge >= 0.3 is 6.03 Å². The predicted octanol–water partition coefficient (Wildman–Crippen LogP) is 3.47. The van der Waals surface area contributed by atoms with Crippen molar-refractivity contribution in [2.45, 2.75) is 19.4 Å². The standard InChI is InChI=1S/C24H20FN5O4/c1-14-11-20(30(28-14)17-9-7-16(25)8-10-17)26-21(31)13-29-22(32)24(2,27-23(29)33)19-12-15-5-3-4-6-18(15)34-19/h3-12H,13H2,1-2H3,(H,26,31)(H,27,33). The van der Waals surface area contributed by atoms with Crippen molar-refractivity contribution in [1.29, 1.82) is 0 Å². The van der Waals surface area contributed by atoms with E-state index in [1.165, 1.54) is 35.9 Å². The zero-order valence-corrected chi connectivity index (χ0v) is 18.3. The zero-order chi connectivity index (χ0) is 24.0. The highest BCUT2D eigenvalue weighted by Gasteiger charge is 2.51. The van der Waals surface area contributed by atoms with Crippen molar-refractivity contribution in [2.24, 2.45) is 0 Å². The van der Waals surface area contributed by atoms with E-state index < -0.39 is 35.7 Å². The first-order chi connectivity index (χ1) is 16.2. The maximum absolute atomic E-state index is 13.3. The second-order valence-electron chi connectivity index (χ2n) is 8.20. The van der Waals surface area contributed by atoms with Gasteiger partial charge in [0.05, 0.1) is 11.4 Å². The molecule has 0 radical (unpaired) electrons. The summed E-state index contributed by atoms with van der Waals surface area (Å²) in [5.41, 5.74) is 0.300. The Kier molecular flexibility index (Phi) is 4.93. The summed E-state index contributed by atoms with van der Waals surface area (Å²) in [6, 6.07) is 15.5. The van der Waals surface area contributed by atoms with Crippen LogP contribution < -0.4 is 10.6 Å². The van der Waals surface area contributed by atoms with Crippen molar-refractivity contribution < 1.29 is 23.2 Å². The molecule has 9 nitrogen and oxygen atoms in total. The minimum absolute atomic E-state index is 0.278. The number of aryl methyl sites for hydroxylation is 1. The normalized spacial score (nSPS) is 17.9. The summed E-state index contributed by atoms with van der Waals surface area (Å²) >= 11 is 0. The number of urea groups is 1. The number of fused-ring (bicyclic) bond motifs is 1. The Morgan fingerprint density at radius 3 is 2.62 bits per heavy atom. The Labute approximate surface area is 193 Å². The molecule has 1 atom stereocenters. The number of nitrogens with zero attached hydrogens (tertiary/aromatic N) is 3. The Hall–Kier alpha value is -4.47. The number of amides is 4. The highest BCUT2D eigenvalue weighted by Crippen LogP contribution is 2.33. The van der Waals surface area contributed by atoms with Gasteiger partial charge in [0.25, 0.3) is 5.91 Å². The van der Waals surface area contributed by atoms with Gasteiger partial charge in [0.15, 0.2) is 5.54 Å². The molecule has 0 aliphatic carbocycles. The lowest BCUT2D eigenvalue weighted by Gasteiger charge is -2.19. The topological polar surface area (TPSA) is 109 Å². The SMILES string of the molecule is Cc1cc(NC(=O)CN2C(=O)NC(C)(c3cc4ccccc4o3)C2=O)n(-c2ccc(F)cc2)n1. The number of halogens is 1. The molecule has 2 aromatic carbocycles. The molecule has 4 amide bonds. The average molecular weight is 461 g/mol. The van der Waals surface area contributed by atoms with Crippen LogP contribution in [0.15, 0.2) is 65.1 Å². The van der Waals surface area contributed by atoms with Crippen molar-refractivity contribution in [3.05, 3.63) is 77.9 Å². The smallest absolute Gasteiger partial charge is 0.325 e. The number of aromatic nitrogens is 2. The molecule has 1 saturated heterocycles. The molecule has 10 heteroatoms. The number of rotatable bonds is 5. The molecule has 1 fully saturated rings. The third kappa shape index (κ3) is 3.58. The second-order valence-corrected chi connectivity index (χ2v) is 8.20. The maximum Gasteiger partial charge on any atom is 0.325 e. The summed E-state index contributed by atoms with van der Waals surface area (Å²) in [6.07, 6.45) is 0. The van der Waals surface area contributed by atoms with Crippen LogP contribution in [0.5, 0.6) is 0 Å². The fourth-order valence-corrected chi connectivity index (χ4v) is 3.93. The minimum Gasteiger partial charge on any atom is -0.458 e. The molecule has 34 heavy (non-hydrogen) atoms. The third-order valence-electron chi connectivity index (χ3n) is 5.67. The van der Waals surface area contributed by atoms with Gasteiger partial charge in [-0.2, -0.15) is 5.10 Å². The van der Waals surface area contributed by atoms with E-state index in [1.807, 2.05) is 18.2 Å². The summed E-state index contributed by atoms with van der Waals surface area (Å²) in [4.78, 5) is 39.4. The van der Waals surface area contributed by atoms with Crippen LogP contribution in [-0.2, 0) is 15.1 Å². The lowest BCUT2D eigenvalue weighted by atomic mass is 9.99. The molecule has 0 spiro atoms. The van der Waals surface area contributed by atoms with Crippen LogP contribution in [-0.4, -0.2) is 39.1 Å². The number of carbonyl (C=O) groups is 3. The summed E-state index contributed by atoms with van der Waals surface area (Å²) in [7, 11) is 0. The number of hydrogen-bond acceptors (Lipinski definition) is 5. The van der Waals surface area contributed by atoms with Crippen LogP contribution in [0, 0.1) is 12.7 Å². The Balaban J connectivity index is 1.35. The molecule has 172 valence electrons. The Morgan fingerprint density at radius 1 is 1.15 bits per heavy atom. The lowest BCUT2D eigenvalue weighted by Crippen LogP contribution is -2.42. The summed E-state index contributed by atoms with van der Waals surface area (Å²) in [5, 5.41) is 10.4. The van der Waals surface area contributed by atoms with E-state index in [-0.39, 0.29) is 5.76 Å². The fraction of sp³-hybridized carbons (Fsp3) is 0.167. The third-order valence-corrected chi connectivity index (χ3v) is 5.67. The molecule has 4 aromatic rings. The summed E-state index contributed by atoms with van der Waals surface area (Å²) < 4.78 is 20.5. The highest BCUT2D eigenvalue weighted by molar-refractivity contribution is 6.10. The molecular weight excluding hydrogens is 441 g/mol. The van der Waals surface area contributed by atoms with Crippen LogP contribution >= 0.6 is 0 Å². The number of furan rings is 1. The van der Waals surface area contributed by atoms with Crippen LogP contribution in [0.25, 0.3) is 16.7 Å². The van der Waals surface area contributed by atoms with E-state index in [1.54, 1.807) is 25.1 Å². The van der Waals surface area contributed by atoms with Crippen LogP contribution in [0.4, 0.5) is 15.0 Å². The summed E-state index contributed by atoms with van der Waals surface area (Å²) in [6.45, 7) is 2.77. The van der Waals surface area contributed by atoms with Gasteiger partial charge in [0.2, 0.25) is 5.91 Å². The first-order valence-corrected chi connectivity index (χ1v) is 10.5. The van der Waals surface area contributed by atoms with Crippen molar-refractivity contribution in [1.82, 2.24) is 20.0 Å². The van der Waals surface area contributed by atoms with Crippen LogP contribution in [0.3, 0.4) is 0 Å². The highest BCUT2D eigenvalue weighted by atomic mass is 19.1. The van der Waals surface area contributed by atoms with Gasteiger partial charge in [0, 0.05) is 11.5 Å². The van der Waals surface area contributed by atoms with Crippen molar-refractivity contribution in [3.8, 4) is 5.69 Å². The van der Waals surface area contributed by atoms with Gasteiger partial charge in [-0.05, 0) is 50.2 Å². The number of carbonyl (C=O) groups excluding carboxylic acids is 3. The number of nitrogens with one attached hydrogen (secondary N) is 2. The first kappa shape index (κ1) is 21.4. The quantitative estimate of drug-likeness (QED) is 0.443. The van der Waals surface area contributed by atoms with E-state index >= 15 is 0 Å². The van der Waals surface area contributed by atoms with E-state index in [0.717, 1.165) is 10.3 Å². The molecule has 0 saturated carbocycles. The van der Waals surface area contributed by atoms with Crippen molar-refractivity contribution in [2.75, 3.05) is 11.9 Å². The average Bonchev–Trinajstić information content (AvgIpc) is 3.46. The number of para-hydroxylation sites is 1. The summed E-state index contributed by atoms with van der Waals surface area (Å²) in [5.74, 6) is -0.999. The molecule has 2 N–H and O–H groups in total. The lowest BCUT2D eigenvalue weighted by molar-refractivity contribution is -0.134. The fourth-order valence-electron chi connectivity index (χ4n) is 3.93. The number of anilines is 1. The van der Waals surface area contributed by atoms with Gasteiger partial charge in [-0.3, -0.25) is 14.5 Å². The van der Waals surface area contributed by atoms with Gasteiger partial charge in [-0.25, -0.2) is 13.9 Å². The molecule has 3 heterocycles. The monoisotopic (exact) mass is 461 g/mol. The maximum atomic E-state index is 13.3. The largest absolute Gasteiger partial charge is 0.458 e. The molecule has 1 aliphatic heterocycles. The van der Waals surface area contributed by atoms with Gasteiger partial charge in [-0.15, -0.1) is 0 Å². The van der Waals surface area contributed by atoms with Crippen LogP contribution in [0.1, 0.15) is 18.4 Å². The van der Waals surface area contributed by atoms with Gasteiger partial charge < -0.3 is 15.1 Å². The van der Waals surface area contributed by atoms with Crippen molar-refractivity contribution in [3.63, 3.8) is 0 Å².